The molecular formula is C16H18ClN3O2. The number of nitrogens with zero attached hydrogens (tertiary/aromatic N) is 2. The lowest BCUT2D eigenvalue weighted by atomic mass is 9.75. The minimum Gasteiger partial charge on any atom is -0.393 e. The van der Waals surface area contributed by atoms with Crippen molar-refractivity contribution in [1.82, 2.24) is 15.1 Å². The number of carbonyl (C=O) groups excluding carboxylic acids is 1. The molecule has 1 aliphatic rings. The van der Waals surface area contributed by atoms with Crippen LogP contribution in [0.5, 0.6) is 0 Å². The molecule has 1 saturated carbocycles. The number of aromatic nitrogens is 2. The van der Waals surface area contributed by atoms with Gasteiger partial charge in [-0.2, -0.15) is 5.10 Å². The molecule has 116 valence electrons. The summed E-state index contributed by atoms with van der Waals surface area (Å²) >= 11 is 5.85. The second-order valence-corrected chi connectivity index (χ2v) is 6.23. The molecule has 2 N–H and O–H groups in total. The molecular weight excluding hydrogens is 302 g/mol. The third-order valence-corrected chi connectivity index (χ3v) is 4.35. The van der Waals surface area contributed by atoms with Crippen molar-refractivity contribution < 1.29 is 9.90 Å². The molecule has 3 rings (SSSR count). The molecule has 1 heterocycles. The van der Waals surface area contributed by atoms with E-state index in [1.165, 1.54) is 0 Å². The summed E-state index contributed by atoms with van der Waals surface area (Å²) in [7, 11) is 1.84. The van der Waals surface area contributed by atoms with Gasteiger partial charge in [0.15, 0.2) is 0 Å². The predicted octanol–water partition coefficient (Wildman–Crippen LogP) is 2.32. The van der Waals surface area contributed by atoms with Crippen LogP contribution in [0.1, 0.15) is 34.8 Å². The molecule has 1 unspecified atom stereocenters. The number of hydrogen-bond donors (Lipinski definition) is 2. The lowest BCUT2D eigenvalue weighted by Gasteiger charge is -2.37. The van der Waals surface area contributed by atoms with Gasteiger partial charge in [-0.15, -0.1) is 0 Å². The molecule has 1 atom stereocenters. The molecule has 0 aliphatic heterocycles. The van der Waals surface area contributed by atoms with E-state index in [9.17, 15) is 9.90 Å². The normalized spacial score (nSPS) is 22.0. The highest BCUT2D eigenvalue weighted by molar-refractivity contribution is 6.30. The summed E-state index contributed by atoms with van der Waals surface area (Å²) in [4.78, 5) is 12.4. The number of rotatable bonds is 4. The van der Waals surface area contributed by atoms with E-state index in [1.807, 2.05) is 13.2 Å². The number of nitrogens with one attached hydrogen (secondary N) is 1. The van der Waals surface area contributed by atoms with Crippen LogP contribution >= 0.6 is 11.6 Å². The van der Waals surface area contributed by atoms with Gasteiger partial charge >= 0.3 is 0 Å². The number of aliphatic hydroxyl groups is 1. The van der Waals surface area contributed by atoms with Crippen molar-refractivity contribution in [3.8, 4) is 0 Å². The van der Waals surface area contributed by atoms with Crippen LogP contribution < -0.4 is 5.32 Å². The fraction of sp³-hybridized carbons (Fsp3) is 0.375. The van der Waals surface area contributed by atoms with Crippen molar-refractivity contribution in [2.24, 2.45) is 13.0 Å². The first-order valence-electron chi connectivity index (χ1n) is 7.26. The number of aliphatic hydroxyl groups excluding tert-OH is 1. The van der Waals surface area contributed by atoms with Crippen LogP contribution in [0.15, 0.2) is 36.7 Å². The van der Waals surface area contributed by atoms with Crippen LogP contribution in [0, 0.1) is 5.92 Å². The van der Waals surface area contributed by atoms with Crippen LogP contribution in [0.4, 0.5) is 0 Å². The van der Waals surface area contributed by atoms with E-state index < -0.39 is 0 Å². The molecule has 1 fully saturated rings. The van der Waals surface area contributed by atoms with E-state index in [2.05, 4.69) is 10.4 Å². The average molecular weight is 320 g/mol. The molecule has 6 heteroatoms. The summed E-state index contributed by atoms with van der Waals surface area (Å²) in [5.41, 5.74) is 1.53. The molecule has 5 nitrogen and oxygen atoms in total. The Hall–Kier alpha value is -1.85. The Morgan fingerprint density at radius 1 is 1.41 bits per heavy atom. The van der Waals surface area contributed by atoms with Crippen molar-refractivity contribution in [2.75, 3.05) is 0 Å². The SMILES string of the molecule is Cn1cc(C(NC(=O)c2ccc(Cl)cc2)C2CC(O)C2)cn1. The van der Waals surface area contributed by atoms with Gasteiger partial charge in [-0.1, -0.05) is 11.6 Å². The van der Waals surface area contributed by atoms with Gasteiger partial charge in [0.25, 0.3) is 5.91 Å². The molecule has 0 bridgehead atoms. The summed E-state index contributed by atoms with van der Waals surface area (Å²) in [6.45, 7) is 0. The second kappa shape index (κ2) is 6.10. The quantitative estimate of drug-likeness (QED) is 0.908. The Labute approximate surface area is 133 Å². The van der Waals surface area contributed by atoms with Gasteiger partial charge in [0.1, 0.15) is 0 Å². The van der Waals surface area contributed by atoms with Crippen LogP contribution in [-0.2, 0) is 7.05 Å². The summed E-state index contributed by atoms with van der Waals surface area (Å²) < 4.78 is 1.71. The highest BCUT2D eigenvalue weighted by atomic mass is 35.5. The summed E-state index contributed by atoms with van der Waals surface area (Å²) in [5, 5.41) is 17.4. The van der Waals surface area contributed by atoms with E-state index >= 15 is 0 Å². The van der Waals surface area contributed by atoms with Gasteiger partial charge in [0, 0.05) is 29.4 Å². The maximum Gasteiger partial charge on any atom is 0.251 e. The monoisotopic (exact) mass is 319 g/mol. The van der Waals surface area contributed by atoms with Gasteiger partial charge in [-0.3, -0.25) is 9.48 Å². The van der Waals surface area contributed by atoms with Crippen LogP contribution in [0.2, 0.25) is 5.02 Å². The first-order chi connectivity index (χ1) is 10.5. The number of hydrogen-bond acceptors (Lipinski definition) is 3. The smallest absolute Gasteiger partial charge is 0.251 e. The van der Waals surface area contributed by atoms with E-state index in [4.69, 9.17) is 11.6 Å². The Kier molecular flexibility index (Phi) is 4.18. The van der Waals surface area contributed by atoms with Gasteiger partial charge in [0.05, 0.1) is 18.3 Å². The van der Waals surface area contributed by atoms with Crippen LogP contribution in [-0.4, -0.2) is 26.9 Å². The zero-order valence-electron chi connectivity index (χ0n) is 12.2. The minimum atomic E-state index is -0.267. The molecule has 1 aromatic carbocycles. The zero-order valence-corrected chi connectivity index (χ0v) is 13.0. The van der Waals surface area contributed by atoms with Crippen molar-refractivity contribution in [2.45, 2.75) is 25.0 Å². The average Bonchev–Trinajstić information content (AvgIpc) is 2.89. The van der Waals surface area contributed by atoms with Crippen LogP contribution in [0.25, 0.3) is 0 Å². The third-order valence-electron chi connectivity index (χ3n) is 4.10. The molecule has 0 spiro atoms. The maximum atomic E-state index is 12.4. The van der Waals surface area contributed by atoms with Gasteiger partial charge in [0.2, 0.25) is 0 Å². The number of carbonyl (C=O) groups is 1. The minimum absolute atomic E-state index is 0.139. The van der Waals surface area contributed by atoms with Crippen LogP contribution in [0.3, 0.4) is 0 Å². The van der Waals surface area contributed by atoms with Gasteiger partial charge in [-0.05, 0) is 43.0 Å². The van der Waals surface area contributed by atoms with Crippen molar-refractivity contribution in [3.63, 3.8) is 0 Å². The molecule has 0 radical (unpaired) electrons. The topological polar surface area (TPSA) is 67.2 Å². The van der Waals surface area contributed by atoms with E-state index in [-0.39, 0.29) is 24.0 Å². The van der Waals surface area contributed by atoms with Crippen molar-refractivity contribution in [1.29, 1.82) is 0 Å². The Morgan fingerprint density at radius 3 is 2.64 bits per heavy atom. The van der Waals surface area contributed by atoms with E-state index in [1.54, 1.807) is 35.1 Å². The lowest BCUT2D eigenvalue weighted by Crippen LogP contribution is -2.41. The first-order valence-corrected chi connectivity index (χ1v) is 7.64. The number of halogens is 1. The number of benzene rings is 1. The first kappa shape index (κ1) is 15.1. The second-order valence-electron chi connectivity index (χ2n) is 5.79. The van der Waals surface area contributed by atoms with Gasteiger partial charge in [-0.25, -0.2) is 0 Å². The standard InChI is InChI=1S/C16H18ClN3O2/c1-20-9-12(8-18-20)15(11-6-14(21)7-11)19-16(22)10-2-4-13(17)5-3-10/h2-5,8-9,11,14-15,21H,6-7H2,1H3,(H,19,22). The van der Waals surface area contributed by atoms with Crippen molar-refractivity contribution in [3.05, 3.63) is 52.8 Å². The Balaban J connectivity index is 1.77. The summed E-state index contributed by atoms with van der Waals surface area (Å²) in [6.07, 6.45) is 4.78. The molecule has 1 aromatic heterocycles. The lowest BCUT2D eigenvalue weighted by molar-refractivity contribution is 0.0235. The van der Waals surface area contributed by atoms with Crippen molar-refractivity contribution >= 4 is 17.5 Å². The molecule has 0 saturated heterocycles. The number of aryl methyl sites for hydroxylation is 1. The zero-order chi connectivity index (χ0) is 15.7. The Bertz CT molecular complexity index is 662. The molecule has 1 aliphatic carbocycles. The van der Waals surface area contributed by atoms with E-state index in [0.29, 0.717) is 23.4 Å². The molecule has 22 heavy (non-hydrogen) atoms. The molecule has 2 aromatic rings. The fourth-order valence-electron chi connectivity index (χ4n) is 2.80. The largest absolute Gasteiger partial charge is 0.393 e. The number of amides is 1. The fourth-order valence-corrected chi connectivity index (χ4v) is 2.93. The van der Waals surface area contributed by atoms with Gasteiger partial charge < -0.3 is 10.4 Å². The summed E-state index contributed by atoms with van der Waals surface area (Å²) in [6, 6.07) is 6.66. The highest BCUT2D eigenvalue weighted by Gasteiger charge is 2.36. The maximum absolute atomic E-state index is 12.4. The third kappa shape index (κ3) is 3.15. The summed E-state index contributed by atoms with van der Waals surface area (Å²) in [5.74, 6) is 0.0855. The predicted molar refractivity (Wildman–Crippen MR) is 83.6 cm³/mol. The molecule has 1 amide bonds. The Morgan fingerprint density at radius 2 is 2.09 bits per heavy atom. The van der Waals surface area contributed by atoms with E-state index in [0.717, 1.165) is 5.56 Å². The highest BCUT2D eigenvalue weighted by Crippen LogP contribution is 2.38.